The first kappa shape index (κ1) is 15.5. The first-order valence-corrected chi connectivity index (χ1v) is 7.90. The number of nitrogens with one attached hydrogen (secondary N) is 1. The lowest BCUT2D eigenvalue weighted by Gasteiger charge is -2.30. The normalized spacial score (nSPS) is 17.5. The van der Waals surface area contributed by atoms with E-state index in [1.54, 1.807) is 12.1 Å². The average Bonchev–Trinajstić information content (AvgIpc) is 2.60. The summed E-state index contributed by atoms with van der Waals surface area (Å²) in [5.74, 6) is -0.275. The van der Waals surface area contributed by atoms with Crippen LogP contribution in [0.5, 0.6) is 23.0 Å². The molecule has 2 aliphatic rings. The minimum absolute atomic E-state index is 0.0787. The second-order valence-corrected chi connectivity index (χ2v) is 6.15. The number of phenols is 1. The highest BCUT2D eigenvalue weighted by Crippen LogP contribution is 2.43. The molecule has 0 radical (unpaired) electrons. The molecule has 2 aromatic rings. The molecule has 0 saturated carbocycles. The predicted molar refractivity (Wildman–Crippen MR) is 89.3 cm³/mol. The quantitative estimate of drug-likeness (QED) is 0.715. The highest BCUT2D eigenvalue weighted by molar-refractivity contribution is 6.27. The number of likely N-dealkylation sites (N-methyl/N-ethyl adjacent to an activating group) is 1. The number of aromatic hydroxyl groups is 1. The molecule has 0 saturated heterocycles. The van der Waals surface area contributed by atoms with Crippen molar-refractivity contribution >= 4 is 17.6 Å². The molecule has 4 rings (SSSR count). The van der Waals surface area contributed by atoms with Crippen molar-refractivity contribution in [2.24, 2.45) is 0 Å². The summed E-state index contributed by atoms with van der Waals surface area (Å²) >= 11 is 0. The average molecular weight is 339 g/mol. The van der Waals surface area contributed by atoms with Crippen molar-refractivity contribution in [3.63, 3.8) is 0 Å². The molecule has 0 aromatic heterocycles. The van der Waals surface area contributed by atoms with Gasteiger partial charge in [0.25, 0.3) is 0 Å². The van der Waals surface area contributed by atoms with E-state index < -0.39 is 5.75 Å². The van der Waals surface area contributed by atoms with Gasteiger partial charge in [0.1, 0.15) is 12.3 Å². The van der Waals surface area contributed by atoms with Crippen molar-refractivity contribution < 1.29 is 29.4 Å². The van der Waals surface area contributed by atoms with Gasteiger partial charge in [0.05, 0.1) is 26.5 Å². The van der Waals surface area contributed by atoms with Gasteiger partial charge in [-0.2, -0.15) is 0 Å². The van der Waals surface area contributed by atoms with Gasteiger partial charge in [-0.15, -0.1) is 0 Å². The number of ketones is 1. The number of carbonyl (C=O) groups excluding carboxylic acids is 1. The van der Waals surface area contributed by atoms with Gasteiger partial charge < -0.3 is 19.7 Å². The van der Waals surface area contributed by atoms with Crippen LogP contribution in [0, 0.1) is 0 Å². The Balaban J connectivity index is 2.34. The Hall–Kier alpha value is -2.99. The fourth-order valence-electron chi connectivity index (χ4n) is 3.79. The van der Waals surface area contributed by atoms with Crippen LogP contribution >= 0.6 is 0 Å². The lowest BCUT2D eigenvalue weighted by atomic mass is 9.84. The Kier molecular flexibility index (Phi) is 3.27. The largest absolute Gasteiger partial charge is 0.869 e. The molecule has 6 heteroatoms. The molecule has 128 valence electrons. The summed E-state index contributed by atoms with van der Waals surface area (Å²) in [6, 6.07) is 4.71. The number of hydrogen-bond acceptors (Lipinski definition) is 5. The topological polar surface area (TPSA) is 83.3 Å². The SMILES string of the molecule is COc1c([O-])c2c3c(c1OC)=CC[NH+](C)C=3C(=O)c1cccc(O)c1-2. The fourth-order valence-corrected chi connectivity index (χ4v) is 3.79. The molecule has 2 aromatic carbocycles. The maximum absolute atomic E-state index is 13.1. The predicted octanol–water partition coefficient (Wildman–Crippen LogP) is -1.24. The van der Waals surface area contributed by atoms with E-state index in [1.165, 1.54) is 20.3 Å². The summed E-state index contributed by atoms with van der Waals surface area (Å²) in [7, 11) is 4.75. The molecule has 0 fully saturated rings. The third-order valence-electron chi connectivity index (χ3n) is 4.87. The van der Waals surface area contributed by atoms with E-state index in [0.29, 0.717) is 39.6 Å². The van der Waals surface area contributed by atoms with Gasteiger partial charge >= 0.3 is 0 Å². The number of carbonyl (C=O) groups is 1. The number of Topliss-reactive ketones (excluding diaryl/α,β-unsaturated/α-hetero) is 1. The lowest BCUT2D eigenvalue weighted by Crippen LogP contribution is -3.08. The molecule has 0 bridgehead atoms. The second kappa shape index (κ2) is 5.26. The molecule has 2 N–H and O–H groups in total. The molecule has 1 unspecified atom stereocenters. The van der Waals surface area contributed by atoms with Crippen LogP contribution in [0.15, 0.2) is 18.2 Å². The monoisotopic (exact) mass is 339 g/mol. The highest BCUT2D eigenvalue weighted by atomic mass is 16.5. The van der Waals surface area contributed by atoms with Crippen molar-refractivity contribution in [2.45, 2.75) is 0 Å². The minimum atomic E-state index is -0.394. The number of ether oxygens (including phenoxy) is 2. The van der Waals surface area contributed by atoms with Gasteiger partial charge in [0.15, 0.2) is 17.2 Å². The number of methoxy groups -OCH3 is 2. The van der Waals surface area contributed by atoms with Crippen molar-refractivity contribution in [1.29, 1.82) is 0 Å². The zero-order valence-electron chi connectivity index (χ0n) is 14.1. The molecule has 1 aliphatic carbocycles. The van der Waals surface area contributed by atoms with Gasteiger partial charge in [-0.25, -0.2) is 0 Å². The Morgan fingerprint density at radius 2 is 1.88 bits per heavy atom. The zero-order chi connectivity index (χ0) is 17.9. The second-order valence-electron chi connectivity index (χ2n) is 6.15. The molecular weight excluding hydrogens is 322 g/mol. The summed E-state index contributed by atoms with van der Waals surface area (Å²) in [6.07, 6.45) is 1.93. The number of rotatable bonds is 2. The third kappa shape index (κ3) is 1.85. The van der Waals surface area contributed by atoms with Gasteiger partial charge in [0, 0.05) is 16.3 Å². The molecule has 0 spiro atoms. The molecular formula is C19H17NO5. The van der Waals surface area contributed by atoms with Crippen LogP contribution in [0.2, 0.25) is 0 Å². The van der Waals surface area contributed by atoms with Crippen LogP contribution in [-0.4, -0.2) is 38.7 Å². The number of quaternary nitrogens is 1. The van der Waals surface area contributed by atoms with Gasteiger partial charge in [-0.1, -0.05) is 11.8 Å². The first-order valence-electron chi connectivity index (χ1n) is 7.90. The van der Waals surface area contributed by atoms with E-state index in [-0.39, 0.29) is 22.8 Å². The minimum Gasteiger partial charge on any atom is -0.869 e. The highest BCUT2D eigenvalue weighted by Gasteiger charge is 2.36. The van der Waals surface area contributed by atoms with Crippen molar-refractivity contribution in [3.05, 3.63) is 34.2 Å². The van der Waals surface area contributed by atoms with E-state index in [2.05, 4.69) is 0 Å². The van der Waals surface area contributed by atoms with Crippen LogP contribution < -0.4 is 29.9 Å². The Labute approximate surface area is 143 Å². The zero-order valence-corrected chi connectivity index (χ0v) is 14.1. The number of fused-ring (bicyclic) bond motifs is 2. The van der Waals surface area contributed by atoms with E-state index in [4.69, 9.17) is 9.47 Å². The molecule has 0 amide bonds. The summed E-state index contributed by atoms with van der Waals surface area (Å²) in [5, 5.41) is 24.7. The lowest BCUT2D eigenvalue weighted by molar-refractivity contribution is -0.792. The fraction of sp³-hybridized carbons (Fsp3) is 0.211. The van der Waals surface area contributed by atoms with Crippen LogP contribution in [-0.2, 0) is 0 Å². The Bertz CT molecular complexity index is 1050. The van der Waals surface area contributed by atoms with Gasteiger partial charge in [0.2, 0.25) is 5.78 Å². The molecule has 25 heavy (non-hydrogen) atoms. The number of hydrogen-bond donors (Lipinski definition) is 2. The van der Waals surface area contributed by atoms with Crippen molar-refractivity contribution in [1.82, 2.24) is 0 Å². The van der Waals surface area contributed by atoms with E-state index in [0.717, 1.165) is 4.90 Å². The van der Waals surface area contributed by atoms with Crippen LogP contribution in [0.3, 0.4) is 0 Å². The van der Waals surface area contributed by atoms with Crippen LogP contribution in [0.25, 0.3) is 22.9 Å². The van der Waals surface area contributed by atoms with Crippen LogP contribution in [0.4, 0.5) is 0 Å². The van der Waals surface area contributed by atoms with Crippen molar-refractivity contribution in [3.8, 4) is 34.1 Å². The van der Waals surface area contributed by atoms with Gasteiger partial charge in [-0.05, 0) is 23.8 Å². The van der Waals surface area contributed by atoms with Crippen molar-refractivity contribution in [2.75, 3.05) is 27.8 Å². The molecule has 1 aliphatic heterocycles. The molecule has 1 heterocycles. The summed E-state index contributed by atoms with van der Waals surface area (Å²) in [5.41, 5.74) is 1.41. The number of phenolic OH excluding ortho intramolecular Hbond substituents is 1. The smallest absolute Gasteiger partial charge is 0.247 e. The van der Waals surface area contributed by atoms with E-state index in [1.807, 2.05) is 13.1 Å². The maximum Gasteiger partial charge on any atom is 0.247 e. The Morgan fingerprint density at radius 3 is 2.56 bits per heavy atom. The van der Waals surface area contributed by atoms with E-state index in [9.17, 15) is 15.0 Å². The standard InChI is InChI=1S/C19H17NO5/c1-20-8-7-10-13-14(17(23)19(25-3)18(10)24-2)12-9(16(22)15(13)20)5-4-6-11(12)21/h4-7,21,23H,8H2,1-3H3. The maximum atomic E-state index is 13.1. The molecule has 1 atom stereocenters. The third-order valence-corrected chi connectivity index (χ3v) is 4.87. The Morgan fingerprint density at radius 1 is 1.16 bits per heavy atom. The number of benzene rings is 2. The summed E-state index contributed by atoms with van der Waals surface area (Å²) < 4.78 is 10.7. The molecule has 6 nitrogen and oxygen atoms in total. The van der Waals surface area contributed by atoms with Gasteiger partial charge in [-0.3, -0.25) is 9.69 Å². The summed E-state index contributed by atoms with van der Waals surface area (Å²) in [4.78, 5) is 14.0. The van der Waals surface area contributed by atoms with E-state index >= 15 is 0 Å². The van der Waals surface area contributed by atoms with Crippen LogP contribution in [0.1, 0.15) is 10.4 Å². The summed E-state index contributed by atoms with van der Waals surface area (Å²) in [6.45, 7) is 0.583. The first-order chi connectivity index (χ1) is 12.0.